The molecule has 1 rings (SSSR count). The molecule has 3 N–H and O–H groups in total. The van der Waals surface area contributed by atoms with Crippen LogP contribution in [0.15, 0.2) is 0 Å². The van der Waals surface area contributed by atoms with Crippen molar-refractivity contribution in [2.45, 2.75) is 57.9 Å². The summed E-state index contributed by atoms with van der Waals surface area (Å²) >= 11 is 0. The van der Waals surface area contributed by atoms with E-state index in [1.54, 1.807) is 0 Å². The van der Waals surface area contributed by atoms with Gasteiger partial charge in [0.1, 0.15) is 0 Å². The Balaban J connectivity index is 2.33. The first kappa shape index (κ1) is 12.9. The lowest BCUT2D eigenvalue weighted by atomic mass is 9.86. The zero-order chi connectivity index (χ0) is 10.9. The van der Waals surface area contributed by atoms with Gasteiger partial charge in [-0.1, -0.05) is 32.1 Å². The van der Waals surface area contributed by atoms with Crippen LogP contribution >= 0.6 is 0 Å². The molecule has 0 spiro atoms. The fraction of sp³-hybridized carbons (Fsp3) is 1.00. The van der Waals surface area contributed by atoms with Crippen molar-refractivity contribution in [2.24, 2.45) is 11.8 Å². The highest BCUT2D eigenvalue weighted by Crippen LogP contribution is 2.24. The summed E-state index contributed by atoms with van der Waals surface area (Å²) in [5.74, 6) is 6.31. The maximum atomic E-state index is 5.60. The molecule has 3 heteroatoms. The Labute approximate surface area is 93.7 Å². The van der Waals surface area contributed by atoms with Gasteiger partial charge in [-0.2, -0.15) is 0 Å². The van der Waals surface area contributed by atoms with Gasteiger partial charge in [0.2, 0.25) is 0 Å². The molecule has 0 amide bonds. The molecule has 1 unspecified atom stereocenters. The van der Waals surface area contributed by atoms with Crippen LogP contribution in [0.25, 0.3) is 0 Å². The molecule has 3 nitrogen and oxygen atoms in total. The van der Waals surface area contributed by atoms with Gasteiger partial charge in [-0.25, -0.2) is 0 Å². The lowest BCUT2D eigenvalue weighted by Gasteiger charge is -2.27. The minimum Gasteiger partial charge on any atom is -0.380 e. The zero-order valence-electron chi connectivity index (χ0n) is 10.0. The summed E-state index contributed by atoms with van der Waals surface area (Å²) in [5.41, 5.74) is 2.93. The molecule has 1 saturated carbocycles. The Kier molecular flexibility index (Phi) is 6.98. The van der Waals surface area contributed by atoms with Gasteiger partial charge >= 0.3 is 0 Å². The largest absolute Gasteiger partial charge is 0.380 e. The fourth-order valence-electron chi connectivity index (χ4n) is 2.46. The average Bonchev–Trinajstić information content (AvgIpc) is 2.21. The van der Waals surface area contributed by atoms with E-state index in [0.717, 1.165) is 13.2 Å². The number of rotatable bonds is 5. The molecule has 1 atom stereocenters. The highest BCUT2D eigenvalue weighted by atomic mass is 16.5. The van der Waals surface area contributed by atoms with Crippen molar-refractivity contribution < 1.29 is 4.74 Å². The van der Waals surface area contributed by atoms with Crippen molar-refractivity contribution in [1.29, 1.82) is 0 Å². The molecule has 0 heterocycles. The second-order valence-electron chi connectivity index (χ2n) is 4.54. The van der Waals surface area contributed by atoms with E-state index in [0.29, 0.717) is 12.0 Å². The van der Waals surface area contributed by atoms with E-state index in [2.05, 4.69) is 5.43 Å². The lowest BCUT2D eigenvalue weighted by Crippen LogP contribution is -2.44. The van der Waals surface area contributed by atoms with Gasteiger partial charge in [0.25, 0.3) is 0 Å². The monoisotopic (exact) mass is 214 g/mol. The van der Waals surface area contributed by atoms with Crippen LogP contribution in [0.4, 0.5) is 0 Å². The molecule has 0 aliphatic heterocycles. The number of ether oxygens (including phenoxy) is 1. The average molecular weight is 214 g/mol. The van der Waals surface area contributed by atoms with Crippen LogP contribution in [0.3, 0.4) is 0 Å². The fourth-order valence-corrected chi connectivity index (χ4v) is 2.46. The molecule has 0 aromatic carbocycles. The van der Waals surface area contributed by atoms with Crippen molar-refractivity contribution in [1.82, 2.24) is 5.43 Å². The minimum absolute atomic E-state index is 0.350. The van der Waals surface area contributed by atoms with E-state index in [4.69, 9.17) is 10.6 Å². The molecule has 1 aliphatic carbocycles. The van der Waals surface area contributed by atoms with Gasteiger partial charge in [-0.3, -0.25) is 11.3 Å². The molecule has 0 aromatic rings. The second kappa shape index (κ2) is 8.08. The molecule has 0 aromatic heterocycles. The van der Waals surface area contributed by atoms with Crippen LogP contribution in [0, 0.1) is 5.92 Å². The predicted molar refractivity (Wildman–Crippen MR) is 63.4 cm³/mol. The zero-order valence-corrected chi connectivity index (χ0v) is 10.0. The number of hydrogen-bond donors (Lipinski definition) is 2. The van der Waals surface area contributed by atoms with Gasteiger partial charge in [0.15, 0.2) is 0 Å². The summed E-state index contributed by atoms with van der Waals surface area (Å²) in [6, 6.07) is 0.350. The Morgan fingerprint density at radius 2 is 1.80 bits per heavy atom. The summed E-state index contributed by atoms with van der Waals surface area (Å²) in [6.07, 6.45) is 9.53. The van der Waals surface area contributed by atoms with Crippen molar-refractivity contribution >= 4 is 0 Å². The van der Waals surface area contributed by atoms with Gasteiger partial charge in [-0.15, -0.1) is 0 Å². The number of hydrazine groups is 1. The molecular weight excluding hydrogens is 188 g/mol. The standard InChI is InChI=1S/C12H26N2O/c1-2-15-10-12(14-13)11-8-6-4-3-5-7-9-11/h11-12,14H,2-10,13H2,1H3. The Morgan fingerprint density at radius 1 is 1.20 bits per heavy atom. The molecule has 0 saturated heterocycles. The molecule has 1 aliphatic rings. The van der Waals surface area contributed by atoms with Crippen LogP contribution < -0.4 is 11.3 Å². The van der Waals surface area contributed by atoms with E-state index in [-0.39, 0.29) is 0 Å². The van der Waals surface area contributed by atoms with Crippen molar-refractivity contribution in [3.8, 4) is 0 Å². The Bertz CT molecular complexity index is 145. The third-order valence-electron chi connectivity index (χ3n) is 3.43. The topological polar surface area (TPSA) is 47.3 Å². The normalized spacial score (nSPS) is 22.0. The van der Waals surface area contributed by atoms with Crippen molar-refractivity contribution in [2.75, 3.05) is 13.2 Å². The molecule has 1 fully saturated rings. The van der Waals surface area contributed by atoms with Gasteiger partial charge in [-0.05, 0) is 25.7 Å². The van der Waals surface area contributed by atoms with Gasteiger partial charge in [0.05, 0.1) is 6.61 Å². The smallest absolute Gasteiger partial charge is 0.0635 e. The first-order valence-electron chi connectivity index (χ1n) is 6.42. The summed E-state index contributed by atoms with van der Waals surface area (Å²) < 4.78 is 5.47. The molecule has 0 bridgehead atoms. The van der Waals surface area contributed by atoms with E-state index in [1.807, 2.05) is 6.92 Å². The van der Waals surface area contributed by atoms with Crippen LogP contribution in [0.5, 0.6) is 0 Å². The second-order valence-corrected chi connectivity index (χ2v) is 4.54. The Morgan fingerprint density at radius 3 is 2.33 bits per heavy atom. The third kappa shape index (κ3) is 4.96. The third-order valence-corrected chi connectivity index (χ3v) is 3.43. The van der Waals surface area contributed by atoms with Crippen LogP contribution in [0.2, 0.25) is 0 Å². The van der Waals surface area contributed by atoms with Crippen LogP contribution in [0.1, 0.15) is 51.9 Å². The molecule has 15 heavy (non-hydrogen) atoms. The molecular formula is C12H26N2O. The molecule has 90 valence electrons. The van der Waals surface area contributed by atoms with Crippen molar-refractivity contribution in [3.05, 3.63) is 0 Å². The van der Waals surface area contributed by atoms with Crippen LogP contribution in [-0.2, 0) is 4.74 Å². The maximum Gasteiger partial charge on any atom is 0.0635 e. The van der Waals surface area contributed by atoms with Crippen LogP contribution in [-0.4, -0.2) is 19.3 Å². The lowest BCUT2D eigenvalue weighted by molar-refractivity contribution is 0.0959. The Hall–Kier alpha value is -0.120. The van der Waals surface area contributed by atoms with E-state index >= 15 is 0 Å². The summed E-state index contributed by atoms with van der Waals surface area (Å²) in [7, 11) is 0. The number of hydrogen-bond acceptors (Lipinski definition) is 3. The van der Waals surface area contributed by atoms with Gasteiger partial charge in [0, 0.05) is 12.6 Å². The quantitative estimate of drug-likeness (QED) is 0.545. The summed E-state index contributed by atoms with van der Waals surface area (Å²) in [4.78, 5) is 0. The number of nitrogens with one attached hydrogen (secondary N) is 1. The maximum absolute atomic E-state index is 5.60. The number of nitrogens with two attached hydrogens (primary N) is 1. The van der Waals surface area contributed by atoms with E-state index in [9.17, 15) is 0 Å². The van der Waals surface area contributed by atoms with Gasteiger partial charge < -0.3 is 4.74 Å². The first-order valence-corrected chi connectivity index (χ1v) is 6.42. The highest BCUT2D eigenvalue weighted by Gasteiger charge is 2.20. The highest BCUT2D eigenvalue weighted by molar-refractivity contribution is 4.75. The van der Waals surface area contributed by atoms with Crippen molar-refractivity contribution in [3.63, 3.8) is 0 Å². The summed E-state index contributed by atoms with van der Waals surface area (Å²) in [6.45, 7) is 3.58. The minimum atomic E-state index is 0.350. The van der Waals surface area contributed by atoms with E-state index in [1.165, 1.54) is 44.9 Å². The van der Waals surface area contributed by atoms with E-state index < -0.39 is 0 Å². The first-order chi connectivity index (χ1) is 7.38. The predicted octanol–water partition coefficient (Wildman–Crippen LogP) is 2.22. The SMILES string of the molecule is CCOCC(NN)C1CCCCCCC1. The molecule has 0 radical (unpaired) electrons. The summed E-state index contributed by atoms with van der Waals surface area (Å²) in [5, 5.41) is 0.